The van der Waals surface area contributed by atoms with Crippen molar-refractivity contribution in [2.75, 3.05) is 14.2 Å². The lowest BCUT2D eigenvalue weighted by atomic mass is 10.3. The van der Waals surface area contributed by atoms with Crippen molar-refractivity contribution in [3.8, 4) is 0 Å². The standard InChI is InChI=1S/C11H16F2O3Si/c1-8(2)16-17(14-3,15-4)9-5-6-10(12)11(13)7-9/h5-8H,1-4H3. The van der Waals surface area contributed by atoms with Crippen LogP contribution in [-0.4, -0.2) is 29.1 Å². The van der Waals surface area contributed by atoms with Gasteiger partial charge >= 0.3 is 8.80 Å². The zero-order valence-electron chi connectivity index (χ0n) is 10.3. The van der Waals surface area contributed by atoms with E-state index in [9.17, 15) is 8.78 Å². The van der Waals surface area contributed by atoms with Gasteiger partial charge in [0.25, 0.3) is 0 Å². The summed E-state index contributed by atoms with van der Waals surface area (Å²) in [5.41, 5.74) is 0. The molecule has 0 fully saturated rings. The second-order valence-corrected chi connectivity index (χ2v) is 6.50. The number of halogens is 2. The van der Waals surface area contributed by atoms with Crippen LogP contribution < -0.4 is 5.19 Å². The summed E-state index contributed by atoms with van der Waals surface area (Å²) in [4.78, 5) is 0. The predicted molar refractivity (Wildman–Crippen MR) is 62.0 cm³/mol. The van der Waals surface area contributed by atoms with Crippen LogP contribution in [0, 0.1) is 11.6 Å². The Bertz CT molecular complexity index is 381. The molecule has 3 nitrogen and oxygen atoms in total. The minimum absolute atomic E-state index is 0.144. The van der Waals surface area contributed by atoms with Crippen LogP contribution in [0.5, 0.6) is 0 Å². The molecule has 6 heteroatoms. The fourth-order valence-corrected chi connectivity index (χ4v) is 3.66. The van der Waals surface area contributed by atoms with Crippen molar-refractivity contribution in [3.05, 3.63) is 29.8 Å². The van der Waals surface area contributed by atoms with E-state index in [4.69, 9.17) is 13.3 Å². The molecule has 0 heterocycles. The van der Waals surface area contributed by atoms with Gasteiger partial charge < -0.3 is 13.3 Å². The van der Waals surface area contributed by atoms with Gasteiger partial charge in [-0.2, -0.15) is 0 Å². The molecule has 0 aliphatic heterocycles. The van der Waals surface area contributed by atoms with E-state index in [1.807, 2.05) is 13.8 Å². The van der Waals surface area contributed by atoms with Crippen LogP contribution in [0.1, 0.15) is 13.8 Å². The van der Waals surface area contributed by atoms with E-state index in [1.165, 1.54) is 20.3 Å². The summed E-state index contributed by atoms with van der Waals surface area (Å²) in [6.07, 6.45) is -0.144. The van der Waals surface area contributed by atoms with E-state index in [0.717, 1.165) is 12.1 Å². The van der Waals surface area contributed by atoms with Gasteiger partial charge in [-0.05, 0) is 26.0 Å². The van der Waals surface area contributed by atoms with E-state index in [0.29, 0.717) is 5.19 Å². The van der Waals surface area contributed by atoms with Gasteiger partial charge in [-0.25, -0.2) is 8.78 Å². The fourth-order valence-electron chi connectivity index (χ4n) is 1.48. The van der Waals surface area contributed by atoms with Crippen LogP contribution in [0.4, 0.5) is 8.78 Å². The van der Waals surface area contributed by atoms with Crippen molar-refractivity contribution in [2.24, 2.45) is 0 Å². The largest absolute Gasteiger partial charge is 0.537 e. The van der Waals surface area contributed by atoms with Crippen LogP contribution in [0.25, 0.3) is 0 Å². The molecular formula is C11H16F2O3Si. The van der Waals surface area contributed by atoms with Gasteiger partial charge in [-0.15, -0.1) is 0 Å². The summed E-state index contributed by atoms with van der Waals surface area (Å²) < 4.78 is 42.3. The zero-order chi connectivity index (χ0) is 13.1. The Balaban J connectivity index is 3.16. The highest BCUT2D eigenvalue weighted by atomic mass is 28.4. The van der Waals surface area contributed by atoms with Gasteiger partial charge in [-0.1, -0.05) is 6.07 Å². The molecule has 1 rings (SSSR count). The second-order valence-electron chi connectivity index (χ2n) is 3.76. The third-order valence-corrected chi connectivity index (χ3v) is 5.08. The number of hydrogen-bond acceptors (Lipinski definition) is 3. The molecule has 1 aromatic carbocycles. The van der Waals surface area contributed by atoms with Crippen LogP contribution in [0.15, 0.2) is 18.2 Å². The molecule has 96 valence electrons. The topological polar surface area (TPSA) is 27.7 Å². The molecule has 0 atom stereocenters. The first-order valence-electron chi connectivity index (χ1n) is 5.19. The summed E-state index contributed by atoms with van der Waals surface area (Å²) in [7, 11) is -0.284. The van der Waals surface area contributed by atoms with E-state index < -0.39 is 20.4 Å². The van der Waals surface area contributed by atoms with Crippen molar-refractivity contribution in [1.29, 1.82) is 0 Å². The lowest BCUT2D eigenvalue weighted by Gasteiger charge is -2.28. The van der Waals surface area contributed by atoms with Crippen molar-refractivity contribution < 1.29 is 22.1 Å². The van der Waals surface area contributed by atoms with E-state index in [2.05, 4.69) is 0 Å². The highest BCUT2D eigenvalue weighted by molar-refractivity contribution is 6.75. The number of benzene rings is 1. The van der Waals surface area contributed by atoms with Crippen molar-refractivity contribution in [3.63, 3.8) is 0 Å². The molecule has 0 aliphatic carbocycles. The lowest BCUT2D eigenvalue weighted by Crippen LogP contribution is -2.56. The normalized spacial score (nSPS) is 12.2. The minimum Gasteiger partial charge on any atom is -0.373 e. The van der Waals surface area contributed by atoms with Crippen molar-refractivity contribution in [2.45, 2.75) is 20.0 Å². The Morgan fingerprint density at radius 1 is 1.06 bits per heavy atom. The quantitative estimate of drug-likeness (QED) is 0.758. The van der Waals surface area contributed by atoms with E-state index in [1.54, 1.807) is 0 Å². The molecular weight excluding hydrogens is 246 g/mol. The molecule has 0 saturated carbocycles. The maximum atomic E-state index is 13.2. The molecule has 0 unspecified atom stereocenters. The molecule has 0 radical (unpaired) electrons. The third kappa shape index (κ3) is 3.10. The van der Waals surface area contributed by atoms with Gasteiger partial charge in [0.1, 0.15) is 0 Å². The van der Waals surface area contributed by atoms with Crippen LogP contribution in [0.2, 0.25) is 0 Å². The maximum absolute atomic E-state index is 13.2. The molecule has 0 spiro atoms. The second kappa shape index (κ2) is 5.68. The highest BCUT2D eigenvalue weighted by Crippen LogP contribution is 2.13. The van der Waals surface area contributed by atoms with Gasteiger partial charge in [0.05, 0.1) is 0 Å². The Kier molecular flexibility index (Phi) is 4.76. The number of hydrogen-bond donors (Lipinski definition) is 0. The first-order chi connectivity index (χ1) is 7.95. The molecule has 17 heavy (non-hydrogen) atoms. The minimum atomic E-state index is -3.14. The predicted octanol–water partition coefficient (Wildman–Crippen LogP) is 1.83. The van der Waals surface area contributed by atoms with Crippen LogP contribution >= 0.6 is 0 Å². The van der Waals surface area contributed by atoms with Gasteiger partial charge in [0.15, 0.2) is 11.6 Å². The Morgan fingerprint density at radius 2 is 1.65 bits per heavy atom. The zero-order valence-corrected chi connectivity index (χ0v) is 11.3. The van der Waals surface area contributed by atoms with Crippen LogP contribution in [0.3, 0.4) is 0 Å². The molecule has 0 N–H and O–H groups in total. The highest BCUT2D eigenvalue weighted by Gasteiger charge is 2.43. The summed E-state index contributed by atoms with van der Waals surface area (Å²) in [6.45, 7) is 3.64. The molecule has 0 aliphatic rings. The lowest BCUT2D eigenvalue weighted by molar-refractivity contribution is 0.0837. The summed E-state index contributed by atoms with van der Waals surface area (Å²) in [5, 5.41) is 0.398. The Morgan fingerprint density at radius 3 is 2.06 bits per heavy atom. The van der Waals surface area contributed by atoms with E-state index in [-0.39, 0.29) is 6.10 Å². The molecule has 0 bridgehead atoms. The average molecular weight is 262 g/mol. The van der Waals surface area contributed by atoms with E-state index >= 15 is 0 Å². The van der Waals surface area contributed by atoms with Crippen LogP contribution in [-0.2, 0) is 13.3 Å². The molecule has 0 saturated heterocycles. The van der Waals surface area contributed by atoms with Gasteiger partial charge in [0.2, 0.25) is 0 Å². The van der Waals surface area contributed by atoms with Crippen molar-refractivity contribution in [1.82, 2.24) is 0 Å². The monoisotopic (exact) mass is 262 g/mol. The molecule has 0 amide bonds. The maximum Gasteiger partial charge on any atom is 0.537 e. The fraction of sp³-hybridized carbons (Fsp3) is 0.455. The smallest absolute Gasteiger partial charge is 0.373 e. The average Bonchev–Trinajstić information content (AvgIpc) is 2.29. The first-order valence-corrected chi connectivity index (χ1v) is 6.91. The van der Waals surface area contributed by atoms with Crippen molar-refractivity contribution >= 4 is 14.0 Å². The Hall–Kier alpha value is -0.823. The number of rotatable bonds is 5. The summed E-state index contributed by atoms with van der Waals surface area (Å²) in [6, 6.07) is 3.51. The molecule has 0 aromatic heterocycles. The first kappa shape index (κ1) is 14.2. The Labute approximate surface area is 101 Å². The molecule has 1 aromatic rings. The SMILES string of the molecule is CO[Si](OC)(OC(C)C)c1ccc(F)c(F)c1. The van der Waals surface area contributed by atoms with Gasteiger partial charge in [-0.3, -0.25) is 0 Å². The third-order valence-electron chi connectivity index (χ3n) is 2.20. The van der Waals surface area contributed by atoms with Gasteiger partial charge in [0, 0.05) is 25.5 Å². The summed E-state index contributed by atoms with van der Waals surface area (Å²) in [5.74, 6) is -1.85. The summed E-state index contributed by atoms with van der Waals surface area (Å²) >= 11 is 0.